The summed E-state index contributed by atoms with van der Waals surface area (Å²) in [6.45, 7) is 9.90. The van der Waals surface area contributed by atoms with Crippen LogP contribution in [0.2, 0.25) is 0 Å². The highest BCUT2D eigenvalue weighted by Crippen LogP contribution is 2.26. The maximum Gasteiger partial charge on any atom is 0.192 e. The number of benzene rings is 2. The maximum atomic E-state index is 6.07. The standard InChI is InChI=1S/C26H37N3O3/c1-5-27-26(29-20(3)24-15-19(2)9-10-25(24)30-4)28-17-21-7-6-8-22(16-21)18-32-23-11-13-31-14-12-23/h6-10,15-16,20,23H,5,11-14,17-18H2,1-4H3,(H2,27,28,29). The Hall–Kier alpha value is -2.57. The van der Waals surface area contributed by atoms with Crippen molar-refractivity contribution in [2.24, 2.45) is 4.99 Å². The van der Waals surface area contributed by atoms with Crippen molar-refractivity contribution in [2.75, 3.05) is 26.9 Å². The van der Waals surface area contributed by atoms with E-state index in [2.05, 4.69) is 67.8 Å². The van der Waals surface area contributed by atoms with Crippen LogP contribution in [0, 0.1) is 6.92 Å². The van der Waals surface area contributed by atoms with Gasteiger partial charge in [0, 0.05) is 25.3 Å². The summed E-state index contributed by atoms with van der Waals surface area (Å²) in [6, 6.07) is 14.8. The molecule has 0 aliphatic carbocycles. The number of rotatable bonds is 9. The van der Waals surface area contributed by atoms with Crippen LogP contribution in [0.4, 0.5) is 0 Å². The molecule has 1 fully saturated rings. The average molecular weight is 440 g/mol. The minimum absolute atomic E-state index is 0.0573. The summed E-state index contributed by atoms with van der Waals surface area (Å²) in [5.41, 5.74) is 4.66. The topological polar surface area (TPSA) is 64.1 Å². The van der Waals surface area contributed by atoms with Crippen molar-refractivity contribution in [3.05, 3.63) is 64.7 Å². The van der Waals surface area contributed by atoms with E-state index in [9.17, 15) is 0 Å². The first-order chi connectivity index (χ1) is 15.6. The first-order valence-electron chi connectivity index (χ1n) is 11.6. The summed E-state index contributed by atoms with van der Waals surface area (Å²) in [5, 5.41) is 6.86. The van der Waals surface area contributed by atoms with Crippen molar-refractivity contribution >= 4 is 5.96 Å². The van der Waals surface area contributed by atoms with Gasteiger partial charge in [0.2, 0.25) is 0 Å². The summed E-state index contributed by atoms with van der Waals surface area (Å²) in [6.07, 6.45) is 2.26. The summed E-state index contributed by atoms with van der Waals surface area (Å²) in [4.78, 5) is 4.81. The lowest BCUT2D eigenvalue weighted by Crippen LogP contribution is -2.38. The third kappa shape index (κ3) is 7.24. The Kier molecular flexibility index (Phi) is 9.38. The normalized spacial score (nSPS) is 15.9. The molecule has 6 nitrogen and oxygen atoms in total. The van der Waals surface area contributed by atoms with Gasteiger partial charge in [-0.05, 0) is 50.8 Å². The molecule has 2 aromatic rings. The quantitative estimate of drug-likeness (QED) is 0.444. The van der Waals surface area contributed by atoms with Crippen LogP contribution < -0.4 is 15.4 Å². The second-order valence-corrected chi connectivity index (χ2v) is 8.25. The molecule has 6 heteroatoms. The maximum absolute atomic E-state index is 6.07. The summed E-state index contributed by atoms with van der Waals surface area (Å²) < 4.78 is 17.0. The first-order valence-corrected chi connectivity index (χ1v) is 11.6. The summed E-state index contributed by atoms with van der Waals surface area (Å²) in [7, 11) is 1.71. The predicted octanol–water partition coefficient (Wildman–Crippen LogP) is 4.52. The van der Waals surface area contributed by atoms with Gasteiger partial charge in [0.25, 0.3) is 0 Å². The lowest BCUT2D eigenvalue weighted by atomic mass is 10.0. The van der Waals surface area contributed by atoms with Crippen LogP contribution in [0.3, 0.4) is 0 Å². The fourth-order valence-corrected chi connectivity index (χ4v) is 3.84. The predicted molar refractivity (Wildman–Crippen MR) is 129 cm³/mol. The van der Waals surface area contributed by atoms with E-state index in [1.807, 2.05) is 6.07 Å². The van der Waals surface area contributed by atoms with Gasteiger partial charge < -0.3 is 24.8 Å². The Balaban J connectivity index is 1.62. The van der Waals surface area contributed by atoms with E-state index in [0.29, 0.717) is 19.3 Å². The van der Waals surface area contributed by atoms with Crippen molar-refractivity contribution in [3.8, 4) is 5.75 Å². The molecule has 1 atom stereocenters. The van der Waals surface area contributed by atoms with E-state index in [1.165, 1.54) is 11.1 Å². The van der Waals surface area contributed by atoms with Gasteiger partial charge in [-0.3, -0.25) is 0 Å². The van der Waals surface area contributed by atoms with E-state index in [1.54, 1.807) is 7.11 Å². The van der Waals surface area contributed by atoms with E-state index >= 15 is 0 Å². The molecule has 0 amide bonds. The molecule has 0 aromatic heterocycles. The Morgan fingerprint density at radius 3 is 2.69 bits per heavy atom. The monoisotopic (exact) mass is 439 g/mol. The molecule has 32 heavy (non-hydrogen) atoms. The van der Waals surface area contributed by atoms with Gasteiger partial charge in [-0.2, -0.15) is 0 Å². The van der Waals surface area contributed by atoms with E-state index in [4.69, 9.17) is 19.2 Å². The molecule has 2 aromatic carbocycles. The molecule has 0 spiro atoms. The van der Waals surface area contributed by atoms with Gasteiger partial charge in [0.1, 0.15) is 5.75 Å². The molecular weight excluding hydrogens is 402 g/mol. The molecule has 174 valence electrons. The van der Waals surface area contributed by atoms with Crippen molar-refractivity contribution in [2.45, 2.75) is 58.9 Å². The van der Waals surface area contributed by atoms with Gasteiger partial charge in [0.05, 0.1) is 32.4 Å². The van der Waals surface area contributed by atoms with Gasteiger partial charge in [-0.15, -0.1) is 0 Å². The Labute approximate surface area is 192 Å². The second kappa shape index (κ2) is 12.5. The molecule has 0 saturated carbocycles. The zero-order valence-corrected chi connectivity index (χ0v) is 19.8. The van der Waals surface area contributed by atoms with Crippen LogP contribution >= 0.6 is 0 Å². The van der Waals surface area contributed by atoms with E-state index in [-0.39, 0.29) is 6.04 Å². The van der Waals surface area contributed by atoms with Crippen molar-refractivity contribution in [1.29, 1.82) is 0 Å². The highest BCUT2D eigenvalue weighted by molar-refractivity contribution is 5.80. The van der Waals surface area contributed by atoms with Crippen LogP contribution in [-0.4, -0.2) is 38.9 Å². The van der Waals surface area contributed by atoms with Crippen LogP contribution in [0.25, 0.3) is 0 Å². The van der Waals surface area contributed by atoms with Crippen molar-refractivity contribution in [1.82, 2.24) is 10.6 Å². The van der Waals surface area contributed by atoms with Crippen LogP contribution in [0.1, 0.15) is 55.0 Å². The Bertz CT molecular complexity index is 878. The Morgan fingerprint density at radius 2 is 1.94 bits per heavy atom. The SMILES string of the molecule is CCNC(=NCc1cccc(COC2CCOCC2)c1)NC(C)c1cc(C)ccc1OC. The fourth-order valence-electron chi connectivity index (χ4n) is 3.84. The zero-order valence-electron chi connectivity index (χ0n) is 19.8. The molecule has 1 saturated heterocycles. The zero-order chi connectivity index (χ0) is 22.8. The fraction of sp³-hybridized carbons (Fsp3) is 0.500. The van der Waals surface area contributed by atoms with Gasteiger partial charge in [-0.25, -0.2) is 4.99 Å². The summed E-state index contributed by atoms with van der Waals surface area (Å²) in [5.74, 6) is 1.66. The second-order valence-electron chi connectivity index (χ2n) is 8.25. The summed E-state index contributed by atoms with van der Waals surface area (Å²) >= 11 is 0. The molecular formula is C26H37N3O3. The molecule has 1 unspecified atom stereocenters. The third-order valence-corrected chi connectivity index (χ3v) is 5.61. The van der Waals surface area contributed by atoms with Gasteiger partial charge in [0.15, 0.2) is 5.96 Å². The van der Waals surface area contributed by atoms with Crippen molar-refractivity contribution in [3.63, 3.8) is 0 Å². The van der Waals surface area contributed by atoms with Crippen LogP contribution in [-0.2, 0) is 22.6 Å². The highest BCUT2D eigenvalue weighted by atomic mass is 16.5. The number of hydrogen-bond acceptors (Lipinski definition) is 4. The molecule has 1 aliphatic rings. The van der Waals surface area contributed by atoms with E-state index in [0.717, 1.165) is 55.4 Å². The minimum Gasteiger partial charge on any atom is -0.496 e. The molecule has 3 rings (SSSR count). The first kappa shape index (κ1) is 24.1. The van der Waals surface area contributed by atoms with Crippen LogP contribution in [0.5, 0.6) is 5.75 Å². The number of methoxy groups -OCH3 is 1. The molecule has 2 N–H and O–H groups in total. The molecule has 0 radical (unpaired) electrons. The number of ether oxygens (including phenoxy) is 3. The van der Waals surface area contributed by atoms with Gasteiger partial charge >= 0.3 is 0 Å². The number of guanidine groups is 1. The Morgan fingerprint density at radius 1 is 1.16 bits per heavy atom. The number of nitrogens with zero attached hydrogens (tertiary/aromatic N) is 1. The van der Waals surface area contributed by atoms with Crippen molar-refractivity contribution < 1.29 is 14.2 Å². The lowest BCUT2D eigenvalue weighted by Gasteiger charge is -2.22. The number of nitrogens with one attached hydrogen (secondary N) is 2. The number of aryl methyl sites for hydroxylation is 1. The molecule has 1 aliphatic heterocycles. The number of hydrogen-bond donors (Lipinski definition) is 2. The largest absolute Gasteiger partial charge is 0.496 e. The van der Waals surface area contributed by atoms with Gasteiger partial charge in [-0.1, -0.05) is 42.0 Å². The van der Waals surface area contributed by atoms with Crippen LogP contribution in [0.15, 0.2) is 47.5 Å². The minimum atomic E-state index is 0.0573. The molecule has 0 bridgehead atoms. The average Bonchev–Trinajstić information content (AvgIpc) is 2.82. The highest BCUT2D eigenvalue weighted by Gasteiger charge is 2.15. The van der Waals surface area contributed by atoms with E-state index < -0.39 is 0 Å². The lowest BCUT2D eigenvalue weighted by molar-refractivity contribution is -0.0390. The third-order valence-electron chi connectivity index (χ3n) is 5.61. The molecule has 1 heterocycles. The number of aliphatic imine (C=N–C) groups is 1. The smallest absolute Gasteiger partial charge is 0.192 e.